The molecule has 5 nitrogen and oxygen atoms in total. The molecule has 34 heavy (non-hydrogen) atoms. The van der Waals surface area contributed by atoms with Crippen LogP contribution in [0.25, 0.3) is 6.08 Å². The minimum atomic E-state index is -0.567. The van der Waals surface area contributed by atoms with Crippen molar-refractivity contribution < 1.29 is 19.0 Å². The van der Waals surface area contributed by atoms with Gasteiger partial charge in [0, 0.05) is 9.99 Å². The molecule has 1 aliphatic heterocycles. The van der Waals surface area contributed by atoms with Gasteiger partial charge in [0.25, 0.3) is 0 Å². The summed E-state index contributed by atoms with van der Waals surface area (Å²) in [4.78, 5) is 16.8. The van der Waals surface area contributed by atoms with Crippen LogP contribution in [0.5, 0.6) is 11.5 Å². The van der Waals surface area contributed by atoms with Gasteiger partial charge in [0.1, 0.15) is 0 Å². The van der Waals surface area contributed by atoms with Crippen LogP contribution in [0, 0.1) is 3.57 Å². The fraction of sp³-hybridized carbons (Fsp3) is 0.154. The molecular weight excluding hydrogens is 588 g/mol. The number of ether oxygens (including phenoxy) is 3. The summed E-state index contributed by atoms with van der Waals surface area (Å²) in [6.07, 6.45) is 2.33. The van der Waals surface area contributed by atoms with Gasteiger partial charge in [-0.1, -0.05) is 53.5 Å². The van der Waals surface area contributed by atoms with Crippen LogP contribution < -0.4 is 9.47 Å². The minimum absolute atomic E-state index is 0.140. The molecule has 0 amide bonds. The normalized spacial score (nSPS) is 14.2. The average Bonchev–Trinajstić information content (AvgIpc) is 3.18. The van der Waals surface area contributed by atoms with Crippen LogP contribution in [0.15, 0.2) is 71.4 Å². The van der Waals surface area contributed by atoms with Crippen LogP contribution in [0.1, 0.15) is 23.6 Å². The molecule has 0 saturated carbocycles. The smallest absolute Gasteiger partial charge is 0.363 e. The van der Waals surface area contributed by atoms with Crippen molar-refractivity contribution in [2.75, 3.05) is 13.2 Å². The van der Waals surface area contributed by atoms with E-state index >= 15 is 0 Å². The molecule has 4 rings (SSSR count). The Kier molecular flexibility index (Phi) is 8.13. The van der Waals surface area contributed by atoms with Gasteiger partial charge in [-0.2, -0.15) is 0 Å². The summed E-state index contributed by atoms with van der Waals surface area (Å²) >= 11 is 15.0. The topological polar surface area (TPSA) is 57.1 Å². The monoisotopic (exact) mass is 607 g/mol. The van der Waals surface area contributed by atoms with Crippen molar-refractivity contribution >= 4 is 63.7 Å². The first-order valence-corrected chi connectivity index (χ1v) is 12.4. The molecule has 0 bridgehead atoms. The molecule has 3 aromatic rings. The van der Waals surface area contributed by atoms with Crippen molar-refractivity contribution in [1.29, 1.82) is 0 Å². The lowest BCUT2D eigenvalue weighted by molar-refractivity contribution is -0.129. The molecule has 1 aliphatic rings. The van der Waals surface area contributed by atoms with Gasteiger partial charge in [-0.25, -0.2) is 9.79 Å². The summed E-state index contributed by atoms with van der Waals surface area (Å²) in [5, 5.41) is 0.828. The van der Waals surface area contributed by atoms with Crippen molar-refractivity contribution in [2.24, 2.45) is 4.99 Å². The van der Waals surface area contributed by atoms with Gasteiger partial charge in [0.15, 0.2) is 17.2 Å². The summed E-state index contributed by atoms with van der Waals surface area (Å²) in [6, 6.07) is 18.9. The molecule has 8 heteroatoms. The minimum Gasteiger partial charge on any atom is -0.490 e. The number of hydrogen-bond donors (Lipinski definition) is 0. The van der Waals surface area contributed by atoms with E-state index in [9.17, 15) is 4.79 Å². The lowest BCUT2D eigenvalue weighted by atomic mass is 10.1. The molecule has 0 aliphatic carbocycles. The molecule has 174 valence electrons. The number of carbonyl (C=O) groups excluding carboxylic acids is 1. The van der Waals surface area contributed by atoms with Gasteiger partial charge in [0.05, 0.1) is 28.8 Å². The third kappa shape index (κ3) is 5.92. The third-order valence-corrected chi connectivity index (χ3v) is 6.18. The van der Waals surface area contributed by atoms with E-state index in [4.69, 9.17) is 37.4 Å². The lowest BCUT2D eigenvalue weighted by Gasteiger charge is -2.14. The predicted molar refractivity (Wildman–Crippen MR) is 143 cm³/mol. The predicted octanol–water partition coefficient (Wildman–Crippen LogP) is 6.96. The van der Waals surface area contributed by atoms with Crippen LogP contribution in [-0.2, 0) is 16.0 Å². The zero-order valence-electron chi connectivity index (χ0n) is 18.2. The number of halogens is 3. The fourth-order valence-corrected chi connectivity index (χ4v) is 4.30. The lowest BCUT2D eigenvalue weighted by Crippen LogP contribution is -2.06. The van der Waals surface area contributed by atoms with E-state index in [-0.39, 0.29) is 11.6 Å². The molecule has 0 unspecified atom stereocenters. The Balaban J connectivity index is 1.58. The molecule has 0 saturated heterocycles. The van der Waals surface area contributed by atoms with E-state index in [1.54, 1.807) is 24.3 Å². The first-order chi connectivity index (χ1) is 16.4. The van der Waals surface area contributed by atoms with Crippen LogP contribution >= 0.6 is 45.8 Å². The van der Waals surface area contributed by atoms with Crippen LogP contribution in [0.2, 0.25) is 10.0 Å². The van der Waals surface area contributed by atoms with Crippen molar-refractivity contribution in [3.63, 3.8) is 0 Å². The number of rotatable bonds is 8. The molecule has 0 N–H and O–H groups in total. The highest BCUT2D eigenvalue weighted by Gasteiger charge is 2.26. The Morgan fingerprint density at radius 1 is 1.03 bits per heavy atom. The van der Waals surface area contributed by atoms with E-state index in [0.29, 0.717) is 45.9 Å². The maximum atomic E-state index is 12.5. The van der Waals surface area contributed by atoms with Gasteiger partial charge in [0.2, 0.25) is 5.90 Å². The highest BCUT2D eigenvalue weighted by Crippen LogP contribution is 2.38. The molecule has 0 aromatic heterocycles. The maximum absolute atomic E-state index is 12.5. The first kappa shape index (κ1) is 24.6. The second-order valence-electron chi connectivity index (χ2n) is 7.31. The van der Waals surface area contributed by atoms with E-state index < -0.39 is 5.97 Å². The van der Waals surface area contributed by atoms with Crippen molar-refractivity contribution in [1.82, 2.24) is 0 Å². The molecule has 0 radical (unpaired) electrons. The Labute approximate surface area is 221 Å². The van der Waals surface area contributed by atoms with Gasteiger partial charge < -0.3 is 14.2 Å². The quantitative estimate of drug-likeness (QED) is 0.158. The zero-order chi connectivity index (χ0) is 24.1. The number of nitrogens with zero attached hydrogens (tertiary/aromatic N) is 1. The van der Waals surface area contributed by atoms with Crippen LogP contribution in [-0.4, -0.2) is 25.1 Å². The fourth-order valence-electron chi connectivity index (χ4n) is 3.33. The number of esters is 1. The number of benzene rings is 3. The van der Waals surface area contributed by atoms with E-state index in [1.807, 2.05) is 49.4 Å². The highest BCUT2D eigenvalue weighted by molar-refractivity contribution is 14.1. The van der Waals surface area contributed by atoms with Crippen molar-refractivity contribution in [3.05, 3.63) is 96.7 Å². The van der Waals surface area contributed by atoms with Gasteiger partial charge in [-0.3, -0.25) is 0 Å². The summed E-state index contributed by atoms with van der Waals surface area (Å²) in [6.45, 7) is 2.75. The van der Waals surface area contributed by atoms with Crippen molar-refractivity contribution in [3.8, 4) is 11.5 Å². The Bertz CT molecular complexity index is 1280. The second-order valence-corrected chi connectivity index (χ2v) is 9.37. The van der Waals surface area contributed by atoms with Gasteiger partial charge in [-0.15, -0.1) is 0 Å². The molecule has 3 aromatic carbocycles. The van der Waals surface area contributed by atoms with Crippen LogP contribution in [0.4, 0.5) is 0 Å². The molecule has 0 spiro atoms. The SMILES string of the molecule is CCOc1cc(/C=C2\N=C(c3cc(I)ccc3Cl)OC2=O)cc(Cl)c1OCCc1ccccc1. The highest BCUT2D eigenvalue weighted by atomic mass is 127. The summed E-state index contributed by atoms with van der Waals surface area (Å²) in [5.74, 6) is 0.551. The first-order valence-electron chi connectivity index (χ1n) is 10.6. The third-order valence-electron chi connectivity index (χ3n) is 4.89. The summed E-state index contributed by atoms with van der Waals surface area (Å²) < 4.78 is 18.0. The molecule has 0 atom stereocenters. The Morgan fingerprint density at radius 3 is 2.59 bits per heavy atom. The Hall–Kier alpha value is -2.55. The van der Waals surface area contributed by atoms with Gasteiger partial charge >= 0.3 is 5.97 Å². The van der Waals surface area contributed by atoms with E-state index in [0.717, 1.165) is 9.99 Å². The Morgan fingerprint density at radius 2 is 1.82 bits per heavy atom. The number of hydrogen-bond acceptors (Lipinski definition) is 5. The molecular formula is C26H20Cl2INO4. The van der Waals surface area contributed by atoms with Gasteiger partial charge in [-0.05, 0) is 77.0 Å². The van der Waals surface area contributed by atoms with E-state index in [1.165, 1.54) is 5.56 Å². The average molecular weight is 608 g/mol. The van der Waals surface area contributed by atoms with Crippen molar-refractivity contribution in [2.45, 2.75) is 13.3 Å². The zero-order valence-corrected chi connectivity index (χ0v) is 21.9. The van der Waals surface area contributed by atoms with E-state index in [2.05, 4.69) is 27.6 Å². The second kappa shape index (κ2) is 11.3. The molecule has 0 fully saturated rings. The van der Waals surface area contributed by atoms with Crippen LogP contribution in [0.3, 0.4) is 0 Å². The largest absolute Gasteiger partial charge is 0.490 e. The number of carbonyl (C=O) groups is 1. The maximum Gasteiger partial charge on any atom is 0.363 e. The number of aliphatic imine (C=N–C) groups is 1. The number of cyclic esters (lactones) is 1. The standard InChI is InChI=1S/C26H20Cl2INO4/c1-2-32-23-14-17(12-21(28)24(23)33-11-10-16-6-4-3-5-7-16)13-22-26(31)34-25(30-22)19-15-18(29)8-9-20(19)27/h3-9,12-15H,2,10-11H2,1H3/b22-13-. The summed E-state index contributed by atoms with van der Waals surface area (Å²) in [7, 11) is 0. The summed E-state index contributed by atoms with van der Waals surface area (Å²) in [5.41, 5.74) is 2.50. The molecule has 1 heterocycles.